The van der Waals surface area contributed by atoms with E-state index in [0.717, 1.165) is 50.2 Å². The maximum Gasteiger partial charge on any atom is 1.00 e. The van der Waals surface area contributed by atoms with Gasteiger partial charge in [-0.2, -0.15) is 17.9 Å². The molecule has 1 heterocycles. The van der Waals surface area contributed by atoms with E-state index in [1.165, 1.54) is 12.8 Å². The first-order valence-corrected chi connectivity index (χ1v) is 16.0. The Balaban J connectivity index is 0. The zero-order chi connectivity index (χ0) is 32.9. The monoisotopic (exact) mass is 773 g/mol. The van der Waals surface area contributed by atoms with Gasteiger partial charge in [0.15, 0.2) is 0 Å². The maximum absolute atomic E-state index is 8.56. The van der Waals surface area contributed by atoms with Crippen LogP contribution in [0, 0.1) is 25.2 Å². The molecule has 5 nitrogen and oxygen atoms in total. The largest absolute Gasteiger partial charge is 1.00 e. The minimum Gasteiger partial charge on any atom is -1.00 e. The quantitative estimate of drug-likeness (QED) is 0.0648. The van der Waals surface area contributed by atoms with Crippen molar-refractivity contribution in [2.45, 2.75) is 26.7 Å². The average Bonchev–Trinajstić information content (AvgIpc) is 3.58. The van der Waals surface area contributed by atoms with Crippen LogP contribution < -0.4 is 30.3 Å². The summed E-state index contributed by atoms with van der Waals surface area (Å²) < 4.78 is 13.1. The molecular formula is C33H37Br2Cl2LiN4OS. The fourth-order valence-electron chi connectivity index (χ4n) is 3.41. The predicted molar refractivity (Wildman–Crippen MR) is 196 cm³/mol. The summed E-state index contributed by atoms with van der Waals surface area (Å²) in [6.07, 6.45) is 2.75. The standard InChI is InChI=1S/C14H12BrClN2.C8H6ClN.C6H6BrN.C4H8O.CH4S.Li.H/c1-9-3-2-4-12(16)13(9)14(17)18-11-7-5-10(15)6-8-11;1-6-3-2-4-8(9)7(6)5-10;7-5-1-3-6(8)4-2-5;1-2-4-5-3-1;1-2;;/h2-8H,1H3,(H2,17,18);2-4H,1H3;1-4H,8H2;1-4H2;2H,1H3;;/q;;;;;+1;-1/i;;;;1D;;. The van der Waals surface area contributed by atoms with Gasteiger partial charge in [0.05, 0.1) is 21.3 Å². The van der Waals surface area contributed by atoms with E-state index in [-0.39, 0.29) is 26.5 Å². The van der Waals surface area contributed by atoms with E-state index in [9.17, 15) is 0 Å². The molecule has 11 heteroatoms. The Morgan fingerprint density at radius 3 is 1.77 bits per heavy atom. The maximum atomic E-state index is 8.56. The van der Waals surface area contributed by atoms with E-state index >= 15 is 0 Å². The number of nitrogens with zero attached hydrogens (tertiary/aromatic N) is 2. The molecule has 0 radical (unpaired) electrons. The number of aryl methyl sites for hydroxylation is 2. The number of hydrogen-bond acceptors (Lipinski definition) is 5. The number of hydrogen-bond donors (Lipinski definition) is 3. The third-order valence-electron chi connectivity index (χ3n) is 5.59. The van der Waals surface area contributed by atoms with Crippen molar-refractivity contribution >= 4 is 84.9 Å². The van der Waals surface area contributed by atoms with Crippen LogP contribution in [0.4, 0.5) is 11.4 Å². The molecule has 0 spiro atoms. The molecule has 0 atom stereocenters. The summed E-state index contributed by atoms with van der Waals surface area (Å²) in [4.78, 5) is 4.38. The molecule has 5 rings (SSSR count). The number of rotatable bonds is 2. The third kappa shape index (κ3) is 16.4. The summed E-state index contributed by atoms with van der Waals surface area (Å²) in [7, 11) is 0. The molecule has 0 unspecified atom stereocenters. The second-order valence-electron chi connectivity index (χ2n) is 8.82. The van der Waals surface area contributed by atoms with Gasteiger partial charge in [-0.3, -0.25) is 0 Å². The fourth-order valence-corrected chi connectivity index (χ4v) is 4.52. The predicted octanol–water partition coefficient (Wildman–Crippen LogP) is 7.46. The number of nitrogens with two attached hydrogens (primary N) is 2. The van der Waals surface area contributed by atoms with Gasteiger partial charge in [-0.1, -0.05) is 79.3 Å². The van der Waals surface area contributed by atoms with Crippen molar-refractivity contribution in [1.29, 1.82) is 5.26 Å². The van der Waals surface area contributed by atoms with Crippen molar-refractivity contribution in [2.75, 3.05) is 25.2 Å². The number of thiol groups is 1. The van der Waals surface area contributed by atoms with Crippen LogP contribution in [0.1, 0.15) is 37.9 Å². The summed E-state index contributed by atoms with van der Waals surface area (Å²) in [5, 5.41) is 9.71. The summed E-state index contributed by atoms with van der Waals surface area (Å²) in [6.45, 7) is 5.83. The topological polar surface area (TPSA) is 97.4 Å². The molecule has 1 fully saturated rings. The molecule has 44 heavy (non-hydrogen) atoms. The molecule has 0 saturated carbocycles. The number of amidine groups is 1. The number of aliphatic imine (C=N–C) groups is 1. The Bertz CT molecular complexity index is 1420. The normalized spacial score (nSPS) is 11.6. The molecule has 0 aromatic heterocycles. The molecule has 4 N–H and O–H groups in total. The molecule has 230 valence electrons. The number of halogens is 4. The van der Waals surface area contributed by atoms with Crippen LogP contribution >= 0.6 is 67.7 Å². The van der Waals surface area contributed by atoms with Crippen LogP contribution in [0.3, 0.4) is 0 Å². The van der Waals surface area contributed by atoms with Gasteiger partial charge in [0.2, 0.25) is 0 Å². The van der Waals surface area contributed by atoms with Crippen molar-refractivity contribution in [3.05, 3.63) is 126 Å². The summed E-state index contributed by atoms with van der Waals surface area (Å²) in [5.74, 6) is 0.431. The van der Waals surface area contributed by atoms with E-state index in [1.54, 1.807) is 6.07 Å². The Morgan fingerprint density at radius 2 is 1.39 bits per heavy atom. The van der Waals surface area contributed by atoms with Crippen LogP contribution in [0.5, 0.6) is 0 Å². The van der Waals surface area contributed by atoms with Gasteiger partial charge in [0.25, 0.3) is 0 Å². The van der Waals surface area contributed by atoms with Crippen molar-refractivity contribution in [3.8, 4) is 6.07 Å². The summed E-state index contributed by atoms with van der Waals surface area (Å²) >= 11 is 22.0. The molecule has 0 amide bonds. The number of nitriles is 1. The van der Waals surface area contributed by atoms with Crippen molar-refractivity contribution in [1.82, 2.24) is 0 Å². The molecule has 4 aromatic rings. The number of ether oxygens (including phenoxy) is 1. The summed E-state index contributed by atoms with van der Waals surface area (Å²) in [6, 6.07) is 28.3. The molecule has 1 saturated heterocycles. The van der Waals surface area contributed by atoms with Gasteiger partial charge >= 0.3 is 18.9 Å². The second-order valence-corrected chi connectivity index (χ2v) is 11.5. The first-order valence-electron chi connectivity index (χ1n) is 13.7. The van der Waals surface area contributed by atoms with Crippen LogP contribution in [0.15, 0.2) is 98.9 Å². The van der Waals surface area contributed by atoms with Gasteiger partial charge in [-0.05, 0) is 105 Å². The van der Waals surface area contributed by atoms with E-state index < -0.39 is 0 Å². The Morgan fingerprint density at radius 1 is 0.909 bits per heavy atom. The summed E-state index contributed by atoms with van der Waals surface area (Å²) in [5.41, 5.74) is 16.3. The van der Waals surface area contributed by atoms with E-state index in [0.29, 0.717) is 21.4 Å². The van der Waals surface area contributed by atoms with E-state index in [1.807, 2.05) is 98.8 Å². The molecule has 1 aliphatic rings. The number of nitrogen functional groups attached to an aromatic ring is 1. The minimum absolute atomic E-state index is 0. The van der Waals surface area contributed by atoms with Crippen molar-refractivity contribution in [3.63, 3.8) is 0 Å². The Hall–Kier alpha value is -1.91. The van der Waals surface area contributed by atoms with Gasteiger partial charge < -0.3 is 17.6 Å². The minimum atomic E-state index is 0. The van der Waals surface area contributed by atoms with Crippen LogP contribution in [0.2, 0.25) is 10.0 Å². The number of anilines is 1. The molecule has 0 aliphatic carbocycles. The molecular weight excluding hydrogens is 738 g/mol. The van der Waals surface area contributed by atoms with Crippen molar-refractivity contribution < 1.29 is 26.4 Å². The smallest absolute Gasteiger partial charge is 1.00 e. The second kappa shape index (κ2) is 24.3. The number of benzene rings is 4. The SMILES string of the molecule is C1CCOC1.Cc1cccc(Cl)c1C#N.Cc1cccc(Cl)c1C(N)=Nc1ccc(Br)cc1.Nc1ccc(Br)cc1.[2H]CS.[H-].[Li+]. The van der Waals surface area contributed by atoms with Gasteiger partial charge in [-0.15, -0.1) is 0 Å². The first kappa shape index (κ1) is 40.1. The zero-order valence-electron chi connectivity index (χ0n) is 27.0. The third-order valence-corrected chi connectivity index (χ3v) is 7.27. The molecule has 4 aromatic carbocycles. The Labute approximate surface area is 309 Å². The average molecular weight is 776 g/mol. The van der Waals surface area contributed by atoms with E-state index in [4.69, 9.17) is 46.0 Å². The van der Waals surface area contributed by atoms with Gasteiger partial charge in [0, 0.05) is 34.8 Å². The zero-order valence-corrected chi connectivity index (χ0v) is 30.6. The first-order chi connectivity index (χ1) is 21.0. The fraction of sp³-hybridized carbons (Fsp3) is 0.212. The van der Waals surface area contributed by atoms with Crippen LogP contribution in [-0.4, -0.2) is 25.3 Å². The van der Waals surface area contributed by atoms with Crippen LogP contribution in [0.25, 0.3) is 0 Å². The van der Waals surface area contributed by atoms with Crippen molar-refractivity contribution in [2.24, 2.45) is 10.7 Å². The molecule has 0 bridgehead atoms. The van der Waals surface area contributed by atoms with Gasteiger partial charge in [0.1, 0.15) is 11.9 Å². The van der Waals surface area contributed by atoms with Gasteiger partial charge in [-0.25, -0.2) is 4.99 Å². The Kier molecular flexibility index (Phi) is 22.2. The van der Waals surface area contributed by atoms with E-state index in [2.05, 4.69) is 49.5 Å². The van der Waals surface area contributed by atoms with Crippen LogP contribution in [-0.2, 0) is 4.74 Å². The molecule has 1 aliphatic heterocycles.